The highest BCUT2D eigenvalue weighted by Gasteiger charge is 2.36. The van der Waals surface area contributed by atoms with E-state index in [0.717, 1.165) is 6.42 Å². The second-order valence-electron chi connectivity index (χ2n) is 7.28. The van der Waals surface area contributed by atoms with Crippen molar-refractivity contribution < 1.29 is 9.90 Å². The maximum atomic E-state index is 11.5. The average molecular weight is 358 g/mol. The molecule has 0 aliphatic heterocycles. The van der Waals surface area contributed by atoms with E-state index in [1.165, 1.54) is 22.3 Å². The number of hydrogen-bond acceptors (Lipinski definition) is 1. The fourth-order valence-corrected chi connectivity index (χ4v) is 3.77. The van der Waals surface area contributed by atoms with Crippen LogP contribution < -0.4 is 0 Å². The van der Waals surface area contributed by atoms with E-state index in [-0.39, 0.29) is 11.3 Å². The van der Waals surface area contributed by atoms with Gasteiger partial charge in [-0.05, 0) is 36.5 Å². The highest BCUT2D eigenvalue weighted by atomic mass is 16.4. The molecule has 138 valence electrons. The van der Waals surface area contributed by atoms with Gasteiger partial charge in [0.1, 0.15) is 0 Å². The molecule has 0 saturated heterocycles. The molecule has 0 aliphatic carbocycles. The van der Waals surface area contributed by atoms with Crippen molar-refractivity contribution in [2.75, 3.05) is 0 Å². The first-order valence-corrected chi connectivity index (χ1v) is 9.45. The first-order valence-electron chi connectivity index (χ1n) is 9.45. The van der Waals surface area contributed by atoms with Crippen molar-refractivity contribution in [1.29, 1.82) is 0 Å². The Labute approximate surface area is 161 Å². The monoisotopic (exact) mass is 358 g/mol. The van der Waals surface area contributed by atoms with E-state index in [0.29, 0.717) is 6.42 Å². The van der Waals surface area contributed by atoms with E-state index in [2.05, 4.69) is 79.7 Å². The Hall–Kier alpha value is -2.87. The second kappa shape index (κ2) is 8.22. The van der Waals surface area contributed by atoms with Gasteiger partial charge < -0.3 is 5.11 Å². The van der Waals surface area contributed by atoms with Crippen LogP contribution in [0.25, 0.3) is 0 Å². The smallest absolute Gasteiger partial charge is 0.306 e. The van der Waals surface area contributed by atoms with Crippen LogP contribution in [0.4, 0.5) is 0 Å². The lowest BCUT2D eigenvalue weighted by Gasteiger charge is -2.37. The van der Waals surface area contributed by atoms with Gasteiger partial charge in [-0.25, -0.2) is 0 Å². The summed E-state index contributed by atoms with van der Waals surface area (Å²) < 4.78 is 0. The maximum absolute atomic E-state index is 11.5. The van der Waals surface area contributed by atoms with Crippen LogP contribution in [0.3, 0.4) is 0 Å². The molecule has 3 aromatic rings. The van der Waals surface area contributed by atoms with Gasteiger partial charge in [0.25, 0.3) is 0 Å². The minimum Gasteiger partial charge on any atom is -0.481 e. The minimum atomic E-state index is -0.742. The second-order valence-corrected chi connectivity index (χ2v) is 7.28. The summed E-state index contributed by atoms with van der Waals surface area (Å²) in [5, 5.41) is 9.43. The predicted octanol–water partition coefficient (Wildman–Crippen LogP) is 5.83. The van der Waals surface area contributed by atoms with E-state index in [1.54, 1.807) is 6.92 Å². The summed E-state index contributed by atoms with van der Waals surface area (Å²) in [4.78, 5) is 11.5. The standard InChI is InChI=1S/C25H26O2/c1-19-13-15-23(16-14-19)25(18-17-20(2)24(26)27,21-9-5-3-6-10-21)22-11-7-4-8-12-22/h3-16,20H,17-18H2,1-2H3,(H,26,27). The van der Waals surface area contributed by atoms with Gasteiger partial charge in [-0.15, -0.1) is 0 Å². The Bertz CT molecular complexity index is 828. The van der Waals surface area contributed by atoms with Crippen molar-refractivity contribution in [3.63, 3.8) is 0 Å². The van der Waals surface area contributed by atoms with Crippen molar-refractivity contribution in [2.24, 2.45) is 5.92 Å². The third-order valence-electron chi connectivity index (χ3n) is 5.45. The molecule has 0 bridgehead atoms. The van der Waals surface area contributed by atoms with E-state index in [4.69, 9.17) is 0 Å². The Balaban J connectivity index is 2.21. The molecule has 0 saturated carbocycles. The number of rotatable bonds is 7. The summed E-state index contributed by atoms with van der Waals surface area (Å²) in [6, 6.07) is 29.5. The topological polar surface area (TPSA) is 37.3 Å². The number of hydrogen-bond donors (Lipinski definition) is 1. The zero-order valence-electron chi connectivity index (χ0n) is 15.9. The third-order valence-corrected chi connectivity index (χ3v) is 5.45. The fourth-order valence-electron chi connectivity index (χ4n) is 3.77. The number of aryl methyl sites for hydroxylation is 1. The molecule has 0 amide bonds. The number of carboxylic acids is 1. The molecular formula is C25H26O2. The molecule has 3 rings (SSSR count). The summed E-state index contributed by atoms with van der Waals surface area (Å²) in [6.45, 7) is 3.88. The van der Waals surface area contributed by atoms with Crippen LogP contribution in [0.15, 0.2) is 84.9 Å². The van der Waals surface area contributed by atoms with Gasteiger partial charge in [-0.2, -0.15) is 0 Å². The third kappa shape index (κ3) is 3.95. The minimum absolute atomic E-state index is 0.375. The highest BCUT2D eigenvalue weighted by Crippen LogP contribution is 2.43. The Morgan fingerprint density at radius 2 is 1.26 bits per heavy atom. The fraction of sp³-hybridized carbons (Fsp3) is 0.240. The summed E-state index contributed by atoms with van der Waals surface area (Å²) in [5.41, 5.74) is 4.42. The van der Waals surface area contributed by atoms with Crippen molar-refractivity contribution in [1.82, 2.24) is 0 Å². The molecule has 2 heteroatoms. The molecule has 0 fully saturated rings. The van der Waals surface area contributed by atoms with Gasteiger partial charge in [0.2, 0.25) is 0 Å². The average Bonchev–Trinajstić information content (AvgIpc) is 2.71. The van der Waals surface area contributed by atoms with Crippen molar-refractivity contribution in [3.05, 3.63) is 107 Å². The number of carboxylic acid groups (broad SMARTS) is 1. The van der Waals surface area contributed by atoms with Gasteiger partial charge in [0.15, 0.2) is 0 Å². The molecule has 1 unspecified atom stereocenters. The van der Waals surface area contributed by atoms with Crippen LogP contribution in [0.2, 0.25) is 0 Å². The molecular weight excluding hydrogens is 332 g/mol. The normalized spacial score (nSPS) is 12.5. The van der Waals surface area contributed by atoms with Gasteiger partial charge in [-0.3, -0.25) is 4.79 Å². The van der Waals surface area contributed by atoms with E-state index in [9.17, 15) is 9.90 Å². The lowest BCUT2D eigenvalue weighted by molar-refractivity contribution is -0.141. The van der Waals surface area contributed by atoms with Crippen LogP contribution >= 0.6 is 0 Å². The van der Waals surface area contributed by atoms with Crippen LogP contribution in [-0.2, 0) is 10.2 Å². The predicted molar refractivity (Wildman–Crippen MR) is 110 cm³/mol. The Morgan fingerprint density at radius 3 is 1.70 bits per heavy atom. The molecule has 0 radical (unpaired) electrons. The Morgan fingerprint density at radius 1 is 0.815 bits per heavy atom. The van der Waals surface area contributed by atoms with Crippen LogP contribution in [0.5, 0.6) is 0 Å². The summed E-state index contributed by atoms with van der Waals surface area (Å²) in [6.07, 6.45) is 1.34. The number of carbonyl (C=O) groups is 1. The van der Waals surface area contributed by atoms with Crippen molar-refractivity contribution in [3.8, 4) is 0 Å². The molecule has 0 aliphatic rings. The summed E-state index contributed by atoms with van der Waals surface area (Å²) in [5.74, 6) is -1.13. The van der Waals surface area contributed by atoms with Crippen LogP contribution in [0, 0.1) is 12.8 Å². The summed E-state index contributed by atoms with van der Waals surface area (Å²) >= 11 is 0. The molecule has 2 nitrogen and oxygen atoms in total. The number of benzene rings is 3. The largest absolute Gasteiger partial charge is 0.481 e. The van der Waals surface area contributed by atoms with E-state index in [1.807, 2.05) is 12.1 Å². The maximum Gasteiger partial charge on any atom is 0.306 e. The lowest BCUT2D eigenvalue weighted by atomic mass is 9.66. The van der Waals surface area contributed by atoms with E-state index >= 15 is 0 Å². The van der Waals surface area contributed by atoms with Crippen LogP contribution in [0.1, 0.15) is 42.0 Å². The molecule has 0 aromatic heterocycles. The van der Waals surface area contributed by atoms with Gasteiger partial charge in [0.05, 0.1) is 5.92 Å². The molecule has 0 spiro atoms. The molecule has 3 aromatic carbocycles. The molecule has 1 atom stereocenters. The van der Waals surface area contributed by atoms with Crippen LogP contribution in [-0.4, -0.2) is 11.1 Å². The zero-order valence-corrected chi connectivity index (χ0v) is 15.9. The first-order chi connectivity index (χ1) is 13.0. The van der Waals surface area contributed by atoms with Crippen molar-refractivity contribution in [2.45, 2.75) is 32.1 Å². The van der Waals surface area contributed by atoms with Gasteiger partial charge in [-0.1, -0.05) is 97.4 Å². The molecule has 1 N–H and O–H groups in total. The number of aliphatic carboxylic acids is 1. The van der Waals surface area contributed by atoms with Gasteiger partial charge in [0, 0.05) is 5.41 Å². The zero-order chi connectivity index (χ0) is 19.3. The highest BCUT2D eigenvalue weighted by molar-refractivity contribution is 5.69. The Kier molecular flexibility index (Phi) is 5.75. The summed E-state index contributed by atoms with van der Waals surface area (Å²) in [7, 11) is 0. The quantitative estimate of drug-likeness (QED) is 0.540. The first kappa shape index (κ1) is 18.9. The van der Waals surface area contributed by atoms with E-state index < -0.39 is 5.97 Å². The molecule has 0 heterocycles. The van der Waals surface area contributed by atoms with Crippen molar-refractivity contribution >= 4 is 5.97 Å². The SMILES string of the molecule is Cc1ccc(C(CCC(C)C(=O)O)(c2ccccc2)c2ccccc2)cc1. The lowest BCUT2D eigenvalue weighted by Crippen LogP contribution is -2.30. The van der Waals surface area contributed by atoms with Gasteiger partial charge >= 0.3 is 5.97 Å². The molecule has 27 heavy (non-hydrogen) atoms.